The number of anilines is 1. The van der Waals surface area contributed by atoms with Gasteiger partial charge < -0.3 is 15.5 Å². The molecule has 0 spiro atoms. The van der Waals surface area contributed by atoms with Gasteiger partial charge in [0, 0.05) is 19.1 Å². The number of pyridine rings is 1. The molecular weight excluding hydrogens is 228 g/mol. The molecule has 2 N–H and O–H groups in total. The van der Waals surface area contributed by atoms with Crippen LogP contribution in [0.5, 0.6) is 0 Å². The molecule has 0 aromatic carbocycles. The first-order valence-corrected chi connectivity index (χ1v) is 6.26. The van der Waals surface area contributed by atoms with Gasteiger partial charge in [0.1, 0.15) is 11.5 Å². The zero-order valence-electron chi connectivity index (χ0n) is 11.0. The van der Waals surface area contributed by atoms with E-state index >= 15 is 0 Å². The maximum Gasteiger partial charge on any atom is 0.272 e. The molecule has 2 heterocycles. The van der Waals surface area contributed by atoms with Crippen molar-refractivity contribution in [2.45, 2.75) is 18.9 Å². The molecule has 1 fully saturated rings. The molecule has 5 nitrogen and oxygen atoms in total. The van der Waals surface area contributed by atoms with Crippen molar-refractivity contribution >= 4 is 11.7 Å². The predicted molar refractivity (Wildman–Crippen MR) is 71.3 cm³/mol. The fourth-order valence-electron chi connectivity index (χ4n) is 2.32. The van der Waals surface area contributed by atoms with Crippen LogP contribution in [0, 0.1) is 0 Å². The second-order valence-corrected chi connectivity index (χ2v) is 4.93. The summed E-state index contributed by atoms with van der Waals surface area (Å²) in [5, 5.41) is 0. The van der Waals surface area contributed by atoms with E-state index in [0.717, 1.165) is 25.9 Å². The number of nitrogens with zero attached hydrogens (tertiary/aromatic N) is 3. The van der Waals surface area contributed by atoms with E-state index in [1.165, 1.54) is 0 Å². The molecule has 1 saturated heterocycles. The predicted octanol–water partition coefficient (Wildman–Crippen LogP) is 0.830. The normalized spacial score (nSPS) is 17.2. The number of aromatic nitrogens is 1. The third kappa shape index (κ3) is 2.79. The number of hydrogen-bond acceptors (Lipinski definition) is 4. The van der Waals surface area contributed by atoms with Gasteiger partial charge in [-0.15, -0.1) is 0 Å². The maximum absolute atomic E-state index is 12.2. The molecule has 0 atom stereocenters. The van der Waals surface area contributed by atoms with Crippen molar-refractivity contribution < 1.29 is 4.79 Å². The lowest BCUT2D eigenvalue weighted by atomic mass is 10.0. The number of piperidine rings is 1. The number of nitrogens with two attached hydrogens (primary N) is 1. The van der Waals surface area contributed by atoms with Crippen LogP contribution < -0.4 is 5.73 Å². The molecule has 1 aliphatic rings. The van der Waals surface area contributed by atoms with Crippen molar-refractivity contribution in [1.82, 2.24) is 14.8 Å². The van der Waals surface area contributed by atoms with E-state index < -0.39 is 0 Å². The van der Waals surface area contributed by atoms with Crippen LogP contribution in [0.25, 0.3) is 0 Å². The number of likely N-dealkylation sites (tertiary alicyclic amines) is 1. The average Bonchev–Trinajstić information content (AvgIpc) is 2.38. The summed E-state index contributed by atoms with van der Waals surface area (Å²) in [4.78, 5) is 20.4. The standard InChI is InChI=1S/C13H20N4O/c1-16(2)10-6-8-17(9-7-10)13(18)11-4-3-5-12(14)15-11/h3-5,10H,6-9H2,1-2H3,(H2,14,15). The van der Waals surface area contributed by atoms with Crippen LogP contribution in [0.15, 0.2) is 18.2 Å². The smallest absolute Gasteiger partial charge is 0.272 e. The molecule has 0 bridgehead atoms. The summed E-state index contributed by atoms with van der Waals surface area (Å²) >= 11 is 0. The highest BCUT2D eigenvalue weighted by atomic mass is 16.2. The number of nitrogen functional groups attached to an aromatic ring is 1. The second kappa shape index (κ2) is 5.35. The van der Waals surface area contributed by atoms with Gasteiger partial charge in [-0.05, 0) is 39.1 Å². The van der Waals surface area contributed by atoms with Gasteiger partial charge in [0.05, 0.1) is 0 Å². The van der Waals surface area contributed by atoms with Crippen molar-refractivity contribution in [3.63, 3.8) is 0 Å². The van der Waals surface area contributed by atoms with Crippen LogP contribution in [0.2, 0.25) is 0 Å². The summed E-state index contributed by atoms with van der Waals surface area (Å²) in [5.74, 6) is 0.378. The van der Waals surface area contributed by atoms with E-state index in [-0.39, 0.29) is 5.91 Å². The quantitative estimate of drug-likeness (QED) is 0.842. The van der Waals surface area contributed by atoms with E-state index in [0.29, 0.717) is 17.6 Å². The average molecular weight is 248 g/mol. The Morgan fingerprint density at radius 2 is 2.06 bits per heavy atom. The zero-order chi connectivity index (χ0) is 13.1. The van der Waals surface area contributed by atoms with Gasteiger partial charge in [0.2, 0.25) is 0 Å². The van der Waals surface area contributed by atoms with Gasteiger partial charge >= 0.3 is 0 Å². The SMILES string of the molecule is CN(C)C1CCN(C(=O)c2cccc(N)n2)CC1. The van der Waals surface area contributed by atoms with Gasteiger partial charge in [-0.3, -0.25) is 4.79 Å². The molecule has 1 aliphatic heterocycles. The summed E-state index contributed by atoms with van der Waals surface area (Å²) < 4.78 is 0. The molecule has 0 unspecified atom stereocenters. The maximum atomic E-state index is 12.2. The highest BCUT2D eigenvalue weighted by Crippen LogP contribution is 2.16. The van der Waals surface area contributed by atoms with Gasteiger partial charge in [0.25, 0.3) is 5.91 Å². The van der Waals surface area contributed by atoms with Crippen molar-refractivity contribution in [2.75, 3.05) is 32.9 Å². The summed E-state index contributed by atoms with van der Waals surface area (Å²) in [7, 11) is 4.17. The molecular formula is C13H20N4O. The Bertz CT molecular complexity index is 425. The van der Waals surface area contributed by atoms with E-state index in [1.807, 2.05) is 4.90 Å². The van der Waals surface area contributed by atoms with Crippen LogP contribution in [-0.4, -0.2) is 53.9 Å². The van der Waals surface area contributed by atoms with E-state index in [1.54, 1.807) is 18.2 Å². The Kier molecular flexibility index (Phi) is 3.81. The minimum atomic E-state index is -0.0143. The first-order valence-electron chi connectivity index (χ1n) is 6.26. The monoisotopic (exact) mass is 248 g/mol. The lowest BCUT2D eigenvalue weighted by Crippen LogP contribution is -2.44. The Morgan fingerprint density at radius 1 is 1.39 bits per heavy atom. The lowest BCUT2D eigenvalue weighted by molar-refractivity contribution is 0.0657. The molecule has 0 radical (unpaired) electrons. The fourth-order valence-corrected chi connectivity index (χ4v) is 2.32. The van der Waals surface area contributed by atoms with Gasteiger partial charge in [-0.2, -0.15) is 0 Å². The van der Waals surface area contributed by atoms with Crippen LogP contribution in [0.4, 0.5) is 5.82 Å². The molecule has 0 saturated carbocycles. The van der Waals surface area contributed by atoms with Crippen molar-refractivity contribution in [1.29, 1.82) is 0 Å². The summed E-state index contributed by atoms with van der Waals surface area (Å²) in [5.41, 5.74) is 6.04. The number of carbonyl (C=O) groups excluding carboxylic acids is 1. The molecule has 98 valence electrons. The largest absolute Gasteiger partial charge is 0.384 e. The molecule has 5 heteroatoms. The topological polar surface area (TPSA) is 62.5 Å². The van der Waals surface area contributed by atoms with Crippen LogP contribution >= 0.6 is 0 Å². The number of rotatable bonds is 2. The summed E-state index contributed by atoms with van der Waals surface area (Å²) in [6, 6.07) is 5.75. The molecule has 2 rings (SSSR count). The fraction of sp³-hybridized carbons (Fsp3) is 0.538. The minimum absolute atomic E-state index is 0.0143. The first kappa shape index (κ1) is 12.8. The van der Waals surface area contributed by atoms with Crippen molar-refractivity contribution in [3.8, 4) is 0 Å². The molecule has 1 aromatic heterocycles. The summed E-state index contributed by atoms with van der Waals surface area (Å²) in [6.07, 6.45) is 2.03. The highest BCUT2D eigenvalue weighted by molar-refractivity contribution is 5.92. The minimum Gasteiger partial charge on any atom is -0.384 e. The van der Waals surface area contributed by atoms with E-state index in [9.17, 15) is 4.79 Å². The Morgan fingerprint density at radius 3 is 2.61 bits per heavy atom. The highest BCUT2D eigenvalue weighted by Gasteiger charge is 2.25. The van der Waals surface area contributed by atoms with Crippen molar-refractivity contribution in [2.24, 2.45) is 0 Å². The number of amides is 1. The summed E-state index contributed by atoms with van der Waals surface area (Å²) in [6.45, 7) is 1.58. The van der Waals surface area contributed by atoms with Crippen LogP contribution in [-0.2, 0) is 0 Å². The van der Waals surface area contributed by atoms with Crippen LogP contribution in [0.1, 0.15) is 23.3 Å². The second-order valence-electron chi connectivity index (χ2n) is 4.93. The van der Waals surface area contributed by atoms with E-state index in [4.69, 9.17) is 5.73 Å². The van der Waals surface area contributed by atoms with Gasteiger partial charge in [-0.1, -0.05) is 6.07 Å². The van der Waals surface area contributed by atoms with Crippen molar-refractivity contribution in [3.05, 3.63) is 23.9 Å². The third-order valence-electron chi connectivity index (χ3n) is 3.47. The first-order chi connectivity index (χ1) is 8.58. The Hall–Kier alpha value is -1.62. The molecule has 1 amide bonds. The van der Waals surface area contributed by atoms with Gasteiger partial charge in [0.15, 0.2) is 0 Å². The molecule has 18 heavy (non-hydrogen) atoms. The lowest BCUT2D eigenvalue weighted by Gasteiger charge is -2.35. The van der Waals surface area contributed by atoms with Gasteiger partial charge in [-0.25, -0.2) is 4.98 Å². The molecule has 1 aromatic rings. The number of hydrogen-bond donors (Lipinski definition) is 1. The Labute approximate surface area is 108 Å². The van der Waals surface area contributed by atoms with Crippen LogP contribution in [0.3, 0.4) is 0 Å². The molecule has 0 aliphatic carbocycles. The third-order valence-corrected chi connectivity index (χ3v) is 3.47. The Balaban J connectivity index is 1.99. The zero-order valence-corrected chi connectivity index (χ0v) is 11.0. The number of carbonyl (C=O) groups is 1. The van der Waals surface area contributed by atoms with E-state index in [2.05, 4.69) is 24.0 Å².